The van der Waals surface area contributed by atoms with Crippen LogP contribution in [0.2, 0.25) is 0 Å². The second-order valence-electron chi connectivity index (χ2n) is 4.82. The highest BCUT2D eigenvalue weighted by atomic mass is 16.3. The van der Waals surface area contributed by atoms with Crippen LogP contribution in [-0.2, 0) is 6.42 Å². The molecular formula is C15H20N4O2. The summed E-state index contributed by atoms with van der Waals surface area (Å²) in [7, 11) is 0. The molecule has 0 saturated heterocycles. The molecule has 0 aliphatic carbocycles. The Morgan fingerprint density at radius 3 is 2.76 bits per heavy atom. The van der Waals surface area contributed by atoms with Gasteiger partial charge in [-0.05, 0) is 31.5 Å². The van der Waals surface area contributed by atoms with E-state index in [-0.39, 0.29) is 23.5 Å². The van der Waals surface area contributed by atoms with E-state index in [1.807, 2.05) is 26.8 Å². The van der Waals surface area contributed by atoms with E-state index in [1.165, 1.54) is 0 Å². The Morgan fingerprint density at radius 2 is 2.19 bits per heavy atom. The van der Waals surface area contributed by atoms with Gasteiger partial charge in [-0.2, -0.15) is 0 Å². The fourth-order valence-electron chi connectivity index (χ4n) is 2.24. The van der Waals surface area contributed by atoms with Gasteiger partial charge < -0.3 is 10.0 Å². The number of aromatic nitrogens is 3. The molecule has 0 bridgehead atoms. The van der Waals surface area contributed by atoms with Crippen molar-refractivity contribution < 1.29 is 9.90 Å². The molecule has 112 valence electrons. The molecule has 0 fully saturated rings. The Morgan fingerprint density at radius 1 is 1.43 bits per heavy atom. The standard InChI is InChI=1S/C15H20N4O2/c1-4-13-16-14(18-17-13)15(21)19(5-2)10(3)11-7-6-8-12(20)9-11/h6-10,20H,4-5H2,1-3H3,(H,16,17,18). The molecular weight excluding hydrogens is 268 g/mol. The van der Waals surface area contributed by atoms with Crippen LogP contribution in [0.25, 0.3) is 0 Å². The van der Waals surface area contributed by atoms with Crippen molar-refractivity contribution in [2.24, 2.45) is 0 Å². The summed E-state index contributed by atoms with van der Waals surface area (Å²) in [5.41, 5.74) is 0.872. The number of nitrogens with one attached hydrogen (secondary N) is 1. The van der Waals surface area contributed by atoms with E-state index in [0.717, 1.165) is 5.56 Å². The van der Waals surface area contributed by atoms with Crippen LogP contribution in [0.4, 0.5) is 0 Å². The van der Waals surface area contributed by atoms with Crippen LogP contribution in [0.1, 0.15) is 48.8 Å². The minimum atomic E-state index is -0.218. The molecule has 0 spiro atoms. The van der Waals surface area contributed by atoms with Crippen LogP contribution < -0.4 is 0 Å². The molecule has 2 N–H and O–H groups in total. The third-order valence-electron chi connectivity index (χ3n) is 3.48. The minimum absolute atomic E-state index is 0.168. The molecule has 0 aliphatic heterocycles. The lowest BCUT2D eigenvalue weighted by molar-refractivity contribution is 0.0690. The van der Waals surface area contributed by atoms with E-state index in [1.54, 1.807) is 23.1 Å². The van der Waals surface area contributed by atoms with E-state index in [4.69, 9.17) is 0 Å². The zero-order chi connectivity index (χ0) is 15.4. The third-order valence-corrected chi connectivity index (χ3v) is 3.48. The van der Waals surface area contributed by atoms with Crippen LogP contribution in [0.3, 0.4) is 0 Å². The molecule has 1 amide bonds. The van der Waals surface area contributed by atoms with Gasteiger partial charge in [-0.1, -0.05) is 19.1 Å². The van der Waals surface area contributed by atoms with E-state index >= 15 is 0 Å². The summed E-state index contributed by atoms with van der Waals surface area (Å²) in [6, 6.07) is 6.75. The lowest BCUT2D eigenvalue weighted by atomic mass is 10.1. The van der Waals surface area contributed by atoms with Gasteiger partial charge in [0.1, 0.15) is 11.6 Å². The van der Waals surface area contributed by atoms with E-state index in [9.17, 15) is 9.90 Å². The molecule has 6 heteroatoms. The van der Waals surface area contributed by atoms with Crippen molar-refractivity contribution in [1.82, 2.24) is 20.1 Å². The first kappa shape index (κ1) is 15.0. The summed E-state index contributed by atoms with van der Waals surface area (Å²) < 4.78 is 0. The maximum atomic E-state index is 12.5. The number of phenols is 1. The van der Waals surface area contributed by atoms with Crippen molar-refractivity contribution in [3.05, 3.63) is 41.5 Å². The highest BCUT2D eigenvalue weighted by Gasteiger charge is 2.24. The largest absolute Gasteiger partial charge is 0.508 e. The first-order valence-electron chi connectivity index (χ1n) is 7.08. The van der Waals surface area contributed by atoms with Crippen molar-refractivity contribution in [1.29, 1.82) is 0 Å². The Balaban J connectivity index is 2.24. The van der Waals surface area contributed by atoms with Crippen LogP contribution in [0.5, 0.6) is 5.75 Å². The molecule has 0 radical (unpaired) electrons. The first-order valence-corrected chi connectivity index (χ1v) is 7.08. The lowest BCUT2D eigenvalue weighted by Gasteiger charge is -2.27. The van der Waals surface area contributed by atoms with Gasteiger partial charge in [0.15, 0.2) is 0 Å². The summed E-state index contributed by atoms with van der Waals surface area (Å²) in [5, 5.41) is 16.3. The minimum Gasteiger partial charge on any atom is -0.508 e. The second kappa shape index (κ2) is 6.39. The summed E-state index contributed by atoms with van der Waals surface area (Å²) in [4.78, 5) is 18.4. The van der Waals surface area contributed by atoms with Crippen LogP contribution in [-0.4, -0.2) is 37.6 Å². The smallest absolute Gasteiger partial charge is 0.294 e. The van der Waals surface area contributed by atoms with Crippen molar-refractivity contribution in [3.8, 4) is 5.75 Å². The maximum absolute atomic E-state index is 12.5. The highest BCUT2D eigenvalue weighted by molar-refractivity contribution is 5.90. The first-order chi connectivity index (χ1) is 10.1. The number of hydrogen-bond donors (Lipinski definition) is 2. The molecule has 1 unspecified atom stereocenters. The van der Waals surface area contributed by atoms with Crippen molar-refractivity contribution >= 4 is 5.91 Å². The van der Waals surface area contributed by atoms with E-state index in [0.29, 0.717) is 18.8 Å². The molecule has 21 heavy (non-hydrogen) atoms. The van der Waals surface area contributed by atoms with Gasteiger partial charge in [0.25, 0.3) is 5.91 Å². The number of aromatic hydroxyl groups is 1. The molecule has 6 nitrogen and oxygen atoms in total. The molecule has 1 atom stereocenters. The Bertz CT molecular complexity index is 624. The van der Waals surface area contributed by atoms with Crippen LogP contribution in [0, 0.1) is 0 Å². The van der Waals surface area contributed by atoms with Crippen molar-refractivity contribution in [2.75, 3.05) is 6.54 Å². The van der Waals surface area contributed by atoms with Gasteiger partial charge in [-0.15, -0.1) is 5.10 Å². The van der Waals surface area contributed by atoms with Gasteiger partial charge in [0.2, 0.25) is 5.82 Å². The van der Waals surface area contributed by atoms with Crippen molar-refractivity contribution in [2.45, 2.75) is 33.2 Å². The Kier molecular flexibility index (Phi) is 4.57. The lowest BCUT2D eigenvalue weighted by Crippen LogP contribution is -2.34. The van der Waals surface area contributed by atoms with E-state index < -0.39 is 0 Å². The zero-order valence-electron chi connectivity index (χ0n) is 12.5. The molecule has 0 saturated carbocycles. The normalized spacial score (nSPS) is 12.1. The Hall–Kier alpha value is -2.37. The number of amides is 1. The third kappa shape index (κ3) is 3.21. The summed E-state index contributed by atoms with van der Waals surface area (Å²) in [5.74, 6) is 0.846. The molecule has 0 aliphatic rings. The fraction of sp³-hybridized carbons (Fsp3) is 0.400. The number of benzene rings is 1. The Labute approximate surface area is 123 Å². The molecule has 1 heterocycles. The quantitative estimate of drug-likeness (QED) is 0.884. The van der Waals surface area contributed by atoms with Gasteiger partial charge in [0.05, 0.1) is 6.04 Å². The van der Waals surface area contributed by atoms with Gasteiger partial charge in [0, 0.05) is 13.0 Å². The summed E-state index contributed by atoms with van der Waals surface area (Å²) >= 11 is 0. The van der Waals surface area contributed by atoms with Crippen LogP contribution >= 0.6 is 0 Å². The average molecular weight is 288 g/mol. The van der Waals surface area contributed by atoms with Crippen LogP contribution in [0.15, 0.2) is 24.3 Å². The monoisotopic (exact) mass is 288 g/mol. The average Bonchev–Trinajstić information content (AvgIpc) is 2.96. The van der Waals surface area contributed by atoms with Gasteiger partial charge in [-0.25, -0.2) is 4.98 Å². The van der Waals surface area contributed by atoms with E-state index in [2.05, 4.69) is 15.2 Å². The summed E-state index contributed by atoms with van der Waals surface area (Å²) in [6.07, 6.45) is 0.703. The fourth-order valence-corrected chi connectivity index (χ4v) is 2.24. The number of H-pyrrole nitrogens is 1. The SMILES string of the molecule is CCc1nc(C(=O)N(CC)C(C)c2cccc(O)c2)n[nH]1. The number of phenolic OH excluding ortho intramolecular Hbond substituents is 1. The number of carbonyl (C=O) groups is 1. The zero-order valence-corrected chi connectivity index (χ0v) is 12.5. The van der Waals surface area contributed by atoms with Gasteiger partial charge in [-0.3, -0.25) is 9.89 Å². The number of carbonyl (C=O) groups excluding carboxylic acids is 1. The topological polar surface area (TPSA) is 82.1 Å². The molecule has 1 aromatic carbocycles. The predicted octanol–water partition coefficient (Wildman–Crippen LogP) is 2.30. The predicted molar refractivity (Wildman–Crippen MR) is 79.0 cm³/mol. The maximum Gasteiger partial charge on any atom is 0.294 e. The van der Waals surface area contributed by atoms with Gasteiger partial charge >= 0.3 is 0 Å². The molecule has 2 aromatic rings. The number of aryl methyl sites for hydroxylation is 1. The second-order valence-corrected chi connectivity index (χ2v) is 4.82. The number of hydrogen-bond acceptors (Lipinski definition) is 4. The molecule has 2 rings (SSSR count). The summed E-state index contributed by atoms with van der Waals surface area (Å²) in [6.45, 7) is 6.31. The number of nitrogens with zero attached hydrogens (tertiary/aromatic N) is 3. The highest BCUT2D eigenvalue weighted by Crippen LogP contribution is 2.24. The van der Waals surface area contributed by atoms with Crippen molar-refractivity contribution in [3.63, 3.8) is 0 Å². The number of aromatic amines is 1. The number of rotatable bonds is 5. The molecule has 1 aromatic heterocycles.